The molecule has 0 radical (unpaired) electrons. The van der Waals surface area contributed by atoms with Crippen molar-refractivity contribution in [3.63, 3.8) is 0 Å². The van der Waals surface area contributed by atoms with Crippen LogP contribution in [0.5, 0.6) is 0 Å². The van der Waals surface area contributed by atoms with E-state index in [0.29, 0.717) is 6.04 Å². The summed E-state index contributed by atoms with van der Waals surface area (Å²) in [6.07, 6.45) is 9.32. The third-order valence-corrected chi connectivity index (χ3v) is 2.51. The van der Waals surface area contributed by atoms with Gasteiger partial charge in [-0.05, 0) is 26.0 Å². The fourth-order valence-electron chi connectivity index (χ4n) is 1.85. The molecule has 0 spiro atoms. The Balaban J connectivity index is 0.000000336. The number of hydrogen-bond donors (Lipinski definition) is 1. The number of fused-ring (bicyclic) bond motifs is 1. The summed E-state index contributed by atoms with van der Waals surface area (Å²) in [5, 5.41) is 3.36. The van der Waals surface area contributed by atoms with Gasteiger partial charge < -0.3 is 5.32 Å². The Morgan fingerprint density at radius 1 is 1.42 bits per heavy atom. The zero-order valence-corrected chi connectivity index (χ0v) is 8.30. The number of rotatable bonds is 0. The van der Waals surface area contributed by atoms with Crippen LogP contribution in [0, 0.1) is 5.92 Å². The maximum absolute atomic E-state index is 3.36. The molecule has 12 heavy (non-hydrogen) atoms. The lowest BCUT2D eigenvalue weighted by molar-refractivity contribution is 0.488. The molecule has 1 heterocycles. The van der Waals surface area contributed by atoms with Crippen LogP contribution in [0.25, 0.3) is 0 Å². The second-order valence-electron chi connectivity index (χ2n) is 3.19. The second kappa shape index (κ2) is 4.34. The molecular weight excluding hydrogens is 146 g/mol. The summed E-state index contributed by atoms with van der Waals surface area (Å²) in [4.78, 5) is 0. The summed E-state index contributed by atoms with van der Waals surface area (Å²) in [6, 6.07) is 0.619. The molecule has 0 saturated carbocycles. The minimum absolute atomic E-state index is 0.619. The van der Waals surface area contributed by atoms with Gasteiger partial charge in [0.05, 0.1) is 6.04 Å². The third-order valence-electron chi connectivity index (χ3n) is 2.51. The largest absolute Gasteiger partial charge is 0.384 e. The van der Waals surface area contributed by atoms with Crippen molar-refractivity contribution < 1.29 is 0 Å². The molecule has 1 N–H and O–H groups in total. The molecule has 1 aliphatic heterocycles. The lowest BCUT2D eigenvalue weighted by Gasteiger charge is -2.21. The zero-order chi connectivity index (χ0) is 8.97. The molecule has 1 heteroatoms. The highest BCUT2D eigenvalue weighted by Gasteiger charge is 2.25. The molecule has 1 aliphatic carbocycles. The first-order chi connectivity index (χ1) is 5.88. The number of allylic oxidation sites excluding steroid dienone is 1. The summed E-state index contributed by atoms with van der Waals surface area (Å²) in [5.74, 6) is 0.796. The Hall–Kier alpha value is -0.720. The van der Waals surface area contributed by atoms with Crippen molar-refractivity contribution in [1.82, 2.24) is 5.32 Å². The first-order valence-electron chi connectivity index (χ1n) is 4.97. The van der Waals surface area contributed by atoms with Crippen molar-refractivity contribution in [2.45, 2.75) is 39.7 Å². The average molecular weight is 165 g/mol. The van der Waals surface area contributed by atoms with Gasteiger partial charge in [-0.1, -0.05) is 31.6 Å². The van der Waals surface area contributed by atoms with Gasteiger partial charge in [0.1, 0.15) is 0 Å². The lowest BCUT2D eigenvalue weighted by atomic mass is 9.87. The molecule has 0 bridgehead atoms. The van der Waals surface area contributed by atoms with Crippen molar-refractivity contribution in [2.75, 3.05) is 0 Å². The van der Waals surface area contributed by atoms with E-state index in [0.717, 1.165) is 5.92 Å². The van der Waals surface area contributed by atoms with E-state index in [4.69, 9.17) is 0 Å². The molecule has 0 aromatic heterocycles. The van der Waals surface area contributed by atoms with Gasteiger partial charge in [-0.15, -0.1) is 0 Å². The second-order valence-corrected chi connectivity index (χ2v) is 3.19. The fourth-order valence-corrected chi connectivity index (χ4v) is 1.85. The third kappa shape index (κ3) is 1.71. The zero-order valence-electron chi connectivity index (χ0n) is 8.30. The van der Waals surface area contributed by atoms with Crippen LogP contribution >= 0.6 is 0 Å². The van der Waals surface area contributed by atoms with Gasteiger partial charge >= 0.3 is 0 Å². The Morgan fingerprint density at radius 2 is 2.17 bits per heavy atom. The SMILES string of the molecule is CC.CC1=CNC2C=CCCC12. The van der Waals surface area contributed by atoms with Gasteiger partial charge in [-0.2, -0.15) is 0 Å². The summed E-state index contributed by atoms with van der Waals surface area (Å²) in [6.45, 7) is 6.22. The normalized spacial score (nSPS) is 31.1. The van der Waals surface area contributed by atoms with Crippen LogP contribution in [0.15, 0.2) is 23.9 Å². The van der Waals surface area contributed by atoms with Crippen LogP contribution in [0.3, 0.4) is 0 Å². The predicted octanol–water partition coefficient (Wildman–Crippen LogP) is 2.85. The van der Waals surface area contributed by atoms with E-state index in [-0.39, 0.29) is 0 Å². The van der Waals surface area contributed by atoms with Gasteiger partial charge in [0.15, 0.2) is 0 Å². The van der Waals surface area contributed by atoms with Gasteiger partial charge in [-0.3, -0.25) is 0 Å². The summed E-state index contributed by atoms with van der Waals surface area (Å²) in [7, 11) is 0. The molecule has 2 rings (SSSR count). The molecule has 68 valence electrons. The molecule has 0 fully saturated rings. The van der Waals surface area contributed by atoms with E-state index < -0.39 is 0 Å². The first-order valence-corrected chi connectivity index (χ1v) is 4.97. The van der Waals surface area contributed by atoms with Crippen molar-refractivity contribution in [3.05, 3.63) is 23.9 Å². The topological polar surface area (TPSA) is 12.0 Å². The van der Waals surface area contributed by atoms with Gasteiger partial charge in [0, 0.05) is 5.92 Å². The smallest absolute Gasteiger partial charge is 0.0504 e. The van der Waals surface area contributed by atoms with Gasteiger partial charge in [-0.25, -0.2) is 0 Å². The maximum atomic E-state index is 3.36. The maximum Gasteiger partial charge on any atom is 0.0504 e. The highest BCUT2D eigenvalue weighted by molar-refractivity contribution is 5.21. The number of hydrogen-bond acceptors (Lipinski definition) is 1. The Bertz CT molecular complexity index is 191. The van der Waals surface area contributed by atoms with E-state index in [2.05, 4.69) is 30.6 Å². The molecule has 0 amide bonds. The Morgan fingerprint density at radius 3 is 2.83 bits per heavy atom. The van der Waals surface area contributed by atoms with Crippen LogP contribution in [0.4, 0.5) is 0 Å². The van der Waals surface area contributed by atoms with E-state index in [9.17, 15) is 0 Å². The molecule has 2 aliphatic rings. The molecule has 0 aromatic rings. The Kier molecular flexibility index (Phi) is 3.39. The van der Waals surface area contributed by atoms with Crippen molar-refractivity contribution in [2.24, 2.45) is 5.92 Å². The average Bonchev–Trinajstić information content (AvgIpc) is 2.53. The summed E-state index contributed by atoms with van der Waals surface area (Å²) >= 11 is 0. The molecule has 2 unspecified atom stereocenters. The van der Waals surface area contributed by atoms with Crippen molar-refractivity contribution >= 4 is 0 Å². The summed E-state index contributed by atoms with van der Waals surface area (Å²) in [5.41, 5.74) is 1.52. The molecular formula is C11H19N. The van der Waals surface area contributed by atoms with Gasteiger partial charge in [0.25, 0.3) is 0 Å². The van der Waals surface area contributed by atoms with Crippen LogP contribution in [-0.4, -0.2) is 6.04 Å². The fraction of sp³-hybridized carbons (Fsp3) is 0.636. The molecule has 2 atom stereocenters. The molecule has 0 saturated heterocycles. The van der Waals surface area contributed by atoms with Crippen molar-refractivity contribution in [3.8, 4) is 0 Å². The van der Waals surface area contributed by atoms with Crippen LogP contribution < -0.4 is 5.32 Å². The standard InChI is InChI=1S/C9H13N.C2H6/c1-7-6-10-9-5-3-2-4-8(7)9;1-2/h3,5-6,8-10H,2,4H2,1H3;1-2H3. The summed E-state index contributed by atoms with van der Waals surface area (Å²) < 4.78 is 0. The first kappa shape index (κ1) is 9.37. The van der Waals surface area contributed by atoms with Crippen LogP contribution in [-0.2, 0) is 0 Å². The monoisotopic (exact) mass is 165 g/mol. The molecule has 1 nitrogen and oxygen atoms in total. The van der Waals surface area contributed by atoms with Crippen LogP contribution in [0.1, 0.15) is 33.6 Å². The van der Waals surface area contributed by atoms with E-state index in [1.54, 1.807) is 0 Å². The molecule has 0 aromatic carbocycles. The minimum Gasteiger partial charge on any atom is -0.384 e. The highest BCUT2D eigenvalue weighted by atomic mass is 14.9. The van der Waals surface area contributed by atoms with Crippen molar-refractivity contribution in [1.29, 1.82) is 0 Å². The lowest BCUT2D eigenvalue weighted by Crippen LogP contribution is -2.26. The number of nitrogens with one attached hydrogen (secondary N) is 1. The minimum atomic E-state index is 0.619. The van der Waals surface area contributed by atoms with Gasteiger partial charge in [0.2, 0.25) is 0 Å². The van der Waals surface area contributed by atoms with E-state index in [1.807, 2.05) is 13.8 Å². The van der Waals surface area contributed by atoms with Crippen LogP contribution in [0.2, 0.25) is 0 Å². The quantitative estimate of drug-likeness (QED) is 0.544. The van der Waals surface area contributed by atoms with E-state index in [1.165, 1.54) is 18.4 Å². The predicted molar refractivity (Wildman–Crippen MR) is 53.9 cm³/mol. The van der Waals surface area contributed by atoms with E-state index >= 15 is 0 Å². The highest BCUT2D eigenvalue weighted by Crippen LogP contribution is 2.29. The Labute approximate surface area is 75.6 Å².